The van der Waals surface area contributed by atoms with Crippen LogP contribution in [0.25, 0.3) is 21.8 Å². The highest BCUT2D eigenvalue weighted by Gasteiger charge is 2.19. The van der Waals surface area contributed by atoms with Crippen molar-refractivity contribution in [2.24, 2.45) is 0 Å². The van der Waals surface area contributed by atoms with Crippen LogP contribution in [0.15, 0.2) is 40.5 Å². The Hall–Kier alpha value is -2.34. The Labute approximate surface area is 113 Å². The number of hydrogen-bond acceptors (Lipinski definition) is 6. The number of nitrogens with zero attached hydrogens (tertiary/aromatic N) is 2. The molecule has 19 heavy (non-hydrogen) atoms. The fourth-order valence-corrected chi connectivity index (χ4v) is 2.65. The number of nitrogen functional groups attached to an aromatic ring is 1. The molecule has 0 saturated carbocycles. The van der Waals surface area contributed by atoms with E-state index in [0.29, 0.717) is 11.6 Å². The van der Waals surface area contributed by atoms with Crippen LogP contribution in [0.3, 0.4) is 0 Å². The molecule has 0 spiro atoms. The molecule has 0 atom stereocenters. The summed E-state index contributed by atoms with van der Waals surface area (Å²) in [6.07, 6.45) is 3.42. The van der Waals surface area contributed by atoms with Crippen LogP contribution in [0.1, 0.15) is 0 Å². The van der Waals surface area contributed by atoms with Crippen LogP contribution in [0.4, 0.5) is 5.82 Å². The van der Waals surface area contributed by atoms with Gasteiger partial charge in [-0.05, 0) is 17.7 Å². The first-order valence-corrected chi connectivity index (χ1v) is 6.46. The summed E-state index contributed by atoms with van der Waals surface area (Å²) in [5, 5.41) is 5.76. The molecule has 0 unspecified atom stereocenters. The minimum absolute atomic E-state index is 0.369. The zero-order valence-electron chi connectivity index (χ0n) is 10.2. The molecule has 0 aliphatic carbocycles. The van der Waals surface area contributed by atoms with Gasteiger partial charge in [-0.2, -0.15) is 0 Å². The molecule has 3 aromatic heterocycles. The molecule has 0 amide bonds. The average Bonchev–Trinajstić information content (AvgIpc) is 3.05. The Morgan fingerprint density at radius 3 is 2.79 bits per heavy atom. The molecule has 96 valence electrons. The Bertz CT molecular complexity index is 691. The van der Waals surface area contributed by atoms with Gasteiger partial charge in [-0.1, -0.05) is 5.16 Å². The summed E-state index contributed by atoms with van der Waals surface area (Å²) in [5.74, 6) is 1.81. The highest BCUT2D eigenvalue weighted by molar-refractivity contribution is 7.13. The largest absolute Gasteiger partial charge is 0.496 e. The predicted octanol–water partition coefficient (Wildman–Crippen LogP) is 3.06. The third-order valence-corrected chi connectivity index (χ3v) is 3.63. The van der Waals surface area contributed by atoms with Gasteiger partial charge in [-0.25, -0.2) is 0 Å². The quantitative estimate of drug-likeness (QED) is 0.793. The van der Waals surface area contributed by atoms with Gasteiger partial charge in [0, 0.05) is 23.8 Å². The molecule has 3 rings (SSSR count). The summed E-state index contributed by atoms with van der Waals surface area (Å²) in [4.78, 5) is 4.92. The number of methoxy groups -OCH3 is 1. The highest BCUT2D eigenvalue weighted by Crippen LogP contribution is 2.40. The van der Waals surface area contributed by atoms with Gasteiger partial charge in [-0.15, -0.1) is 11.3 Å². The average molecular weight is 273 g/mol. The van der Waals surface area contributed by atoms with Gasteiger partial charge >= 0.3 is 0 Å². The molecule has 0 radical (unpaired) electrons. The lowest BCUT2D eigenvalue weighted by molar-refractivity contribution is 0.416. The maximum Gasteiger partial charge on any atom is 0.186 e. The fraction of sp³-hybridized carbons (Fsp3) is 0.0769. The van der Waals surface area contributed by atoms with Gasteiger partial charge in [-0.3, -0.25) is 4.98 Å². The molecular formula is C13H11N3O2S. The van der Waals surface area contributed by atoms with Gasteiger partial charge in [0.25, 0.3) is 0 Å². The monoisotopic (exact) mass is 273 g/mol. The lowest BCUT2D eigenvalue weighted by Gasteiger charge is -1.99. The maximum atomic E-state index is 5.90. The Kier molecular flexibility index (Phi) is 2.92. The number of anilines is 1. The third-order valence-electron chi connectivity index (χ3n) is 2.72. The molecule has 3 aromatic rings. The van der Waals surface area contributed by atoms with E-state index < -0.39 is 0 Å². The van der Waals surface area contributed by atoms with E-state index in [-0.39, 0.29) is 0 Å². The van der Waals surface area contributed by atoms with Crippen LogP contribution in [0.2, 0.25) is 0 Å². The van der Waals surface area contributed by atoms with E-state index >= 15 is 0 Å². The van der Waals surface area contributed by atoms with Crippen LogP contribution in [-0.2, 0) is 0 Å². The van der Waals surface area contributed by atoms with Crippen molar-refractivity contribution in [3.05, 3.63) is 36.0 Å². The molecule has 0 aliphatic heterocycles. The van der Waals surface area contributed by atoms with Crippen LogP contribution < -0.4 is 10.5 Å². The number of nitrogens with two attached hydrogens (primary N) is 1. The van der Waals surface area contributed by atoms with Crippen LogP contribution in [0, 0.1) is 0 Å². The van der Waals surface area contributed by atoms with Crippen molar-refractivity contribution in [3.8, 4) is 27.5 Å². The van der Waals surface area contributed by atoms with Gasteiger partial charge in [0.2, 0.25) is 0 Å². The smallest absolute Gasteiger partial charge is 0.186 e. The molecule has 3 heterocycles. The molecule has 0 bridgehead atoms. The molecule has 0 saturated heterocycles. The maximum absolute atomic E-state index is 5.90. The molecule has 0 fully saturated rings. The number of ether oxygens (including phenoxy) is 1. The van der Waals surface area contributed by atoms with E-state index in [1.54, 1.807) is 19.5 Å². The number of thiophene rings is 1. The van der Waals surface area contributed by atoms with E-state index in [0.717, 1.165) is 21.8 Å². The predicted molar refractivity (Wildman–Crippen MR) is 74.0 cm³/mol. The second-order valence-electron chi connectivity index (χ2n) is 3.86. The van der Waals surface area contributed by atoms with Crippen molar-refractivity contribution >= 4 is 17.2 Å². The van der Waals surface area contributed by atoms with E-state index in [1.165, 1.54) is 11.3 Å². The van der Waals surface area contributed by atoms with Gasteiger partial charge in [0.05, 0.1) is 17.6 Å². The lowest BCUT2D eigenvalue weighted by Crippen LogP contribution is -1.88. The van der Waals surface area contributed by atoms with E-state index in [9.17, 15) is 0 Å². The summed E-state index contributed by atoms with van der Waals surface area (Å²) < 4.78 is 10.5. The van der Waals surface area contributed by atoms with E-state index in [2.05, 4.69) is 10.1 Å². The van der Waals surface area contributed by atoms with Crippen molar-refractivity contribution in [3.63, 3.8) is 0 Å². The number of aromatic nitrogens is 2. The van der Waals surface area contributed by atoms with E-state index in [1.807, 2.05) is 23.6 Å². The van der Waals surface area contributed by atoms with Crippen molar-refractivity contribution < 1.29 is 9.26 Å². The number of rotatable bonds is 3. The molecule has 0 aromatic carbocycles. The van der Waals surface area contributed by atoms with Gasteiger partial charge in [0.15, 0.2) is 11.6 Å². The second kappa shape index (κ2) is 4.74. The first-order chi connectivity index (χ1) is 9.29. The second-order valence-corrected chi connectivity index (χ2v) is 4.77. The normalized spacial score (nSPS) is 10.6. The Balaban J connectivity index is 2.13. The third kappa shape index (κ3) is 2.06. The summed E-state index contributed by atoms with van der Waals surface area (Å²) in [5.41, 5.74) is 7.61. The minimum atomic E-state index is 0.369. The van der Waals surface area contributed by atoms with E-state index in [4.69, 9.17) is 15.0 Å². The highest BCUT2D eigenvalue weighted by atomic mass is 32.1. The van der Waals surface area contributed by atoms with Crippen molar-refractivity contribution in [2.45, 2.75) is 0 Å². The summed E-state index contributed by atoms with van der Waals surface area (Å²) in [7, 11) is 1.63. The zero-order chi connectivity index (χ0) is 13.2. The molecule has 6 heteroatoms. The Morgan fingerprint density at radius 1 is 1.32 bits per heavy atom. The Morgan fingerprint density at radius 2 is 2.11 bits per heavy atom. The number of pyridine rings is 1. The topological polar surface area (TPSA) is 74.2 Å². The molecule has 5 nitrogen and oxygen atoms in total. The first-order valence-electron chi connectivity index (χ1n) is 5.58. The first kappa shape index (κ1) is 11.7. The fourth-order valence-electron chi connectivity index (χ4n) is 1.81. The standard InChI is InChI=1S/C13H11N3O2S/c1-17-9-6-10(19-7-9)12-11(13(14)16-18-12)8-2-4-15-5-3-8/h2-7H,1H3,(H2,14,16). The summed E-state index contributed by atoms with van der Waals surface area (Å²) in [6, 6.07) is 5.64. The van der Waals surface area contributed by atoms with Crippen molar-refractivity contribution in [1.82, 2.24) is 10.1 Å². The van der Waals surface area contributed by atoms with Crippen molar-refractivity contribution in [1.29, 1.82) is 0 Å². The molecule has 0 aliphatic rings. The van der Waals surface area contributed by atoms with Crippen LogP contribution >= 0.6 is 11.3 Å². The van der Waals surface area contributed by atoms with Crippen LogP contribution in [0.5, 0.6) is 5.75 Å². The zero-order valence-corrected chi connectivity index (χ0v) is 11.0. The minimum Gasteiger partial charge on any atom is -0.496 e. The van der Waals surface area contributed by atoms with Crippen molar-refractivity contribution in [2.75, 3.05) is 12.8 Å². The SMILES string of the molecule is COc1csc(-c2onc(N)c2-c2ccncc2)c1. The van der Waals surface area contributed by atoms with Gasteiger partial charge < -0.3 is 15.0 Å². The molecular weight excluding hydrogens is 262 g/mol. The molecule has 2 N–H and O–H groups in total. The summed E-state index contributed by atoms with van der Waals surface area (Å²) >= 11 is 1.52. The van der Waals surface area contributed by atoms with Crippen LogP contribution in [-0.4, -0.2) is 17.3 Å². The van der Waals surface area contributed by atoms with Gasteiger partial charge in [0.1, 0.15) is 5.75 Å². The summed E-state index contributed by atoms with van der Waals surface area (Å²) in [6.45, 7) is 0. The number of hydrogen-bond donors (Lipinski definition) is 1. The lowest BCUT2D eigenvalue weighted by atomic mass is 10.1.